The normalized spacial score (nSPS) is 12.5. The fourth-order valence-electron chi connectivity index (χ4n) is 2.73. The van der Waals surface area contributed by atoms with Crippen molar-refractivity contribution in [1.29, 1.82) is 0 Å². The van der Waals surface area contributed by atoms with E-state index < -0.39 is 74.5 Å². The molecule has 0 aliphatic carbocycles. The van der Waals surface area contributed by atoms with Crippen LogP contribution < -0.4 is 15.5 Å². The van der Waals surface area contributed by atoms with Crippen molar-refractivity contribution in [3.63, 3.8) is 0 Å². The third-order valence-corrected chi connectivity index (χ3v) is 5.01. The van der Waals surface area contributed by atoms with Crippen LogP contribution in [0.15, 0.2) is 30.3 Å². The average molecular weight is 475 g/mol. The van der Waals surface area contributed by atoms with E-state index in [0.29, 0.717) is 6.07 Å². The van der Waals surface area contributed by atoms with Crippen LogP contribution in [0.3, 0.4) is 0 Å². The molecule has 0 spiro atoms. The van der Waals surface area contributed by atoms with Gasteiger partial charge in [0.1, 0.15) is 16.3 Å². The SMILES string of the molecule is [2H]C([2H])([2H])Oc1cccc(-c2c(F)c(F)c(NC(=O)c3cc(F)sc3C(=O)NOC)c(F)c2F)c1. The molecule has 0 saturated heterocycles. The molecule has 2 N–H and O–H groups in total. The van der Waals surface area contributed by atoms with E-state index in [9.17, 15) is 31.5 Å². The van der Waals surface area contributed by atoms with Crippen molar-refractivity contribution >= 4 is 28.8 Å². The molecule has 0 saturated carbocycles. The van der Waals surface area contributed by atoms with Crippen molar-refractivity contribution in [1.82, 2.24) is 5.48 Å². The van der Waals surface area contributed by atoms with Crippen molar-refractivity contribution in [3.8, 4) is 16.9 Å². The first-order chi connectivity index (χ1) is 16.3. The lowest BCUT2D eigenvalue weighted by atomic mass is 10.0. The van der Waals surface area contributed by atoms with E-state index in [0.717, 1.165) is 31.4 Å². The Labute approximate surface area is 185 Å². The minimum absolute atomic E-state index is 0.214. The number of nitrogens with one attached hydrogen (secondary N) is 2. The molecule has 0 aliphatic heterocycles. The molecule has 32 heavy (non-hydrogen) atoms. The fourth-order valence-corrected chi connectivity index (χ4v) is 3.50. The number of halogens is 5. The molecule has 1 heterocycles. The van der Waals surface area contributed by atoms with Gasteiger partial charge in [-0.15, -0.1) is 0 Å². The summed E-state index contributed by atoms with van der Waals surface area (Å²) in [6, 6.07) is 4.75. The summed E-state index contributed by atoms with van der Waals surface area (Å²) in [6.07, 6.45) is 0. The first-order valence-electron chi connectivity index (χ1n) is 9.93. The number of thiophene rings is 1. The summed E-state index contributed by atoms with van der Waals surface area (Å²) in [5.41, 5.74) is -2.04. The first kappa shape index (κ1) is 19.2. The highest BCUT2D eigenvalue weighted by atomic mass is 32.1. The Kier molecular flexibility index (Phi) is 5.59. The van der Waals surface area contributed by atoms with Gasteiger partial charge in [0.25, 0.3) is 11.8 Å². The Morgan fingerprint density at radius 2 is 1.69 bits per heavy atom. The number of methoxy groups -OCH3 is 1. The van der Waals surface area contributed by atoms with Gasteiger partial charge in [0, 0.05) is 0 Å². The van der Waals surface area contributed by atoms with Gasteiger partial charge in [0.15, 0.2) is 28.4 Å². The fraction of sp³-hybridized carbons (Fsp3) is 0.100. The van der Waals surface area contributed by atoms with Crippen LogP contribution in [0.25, 0.3) is 11.1 Å². The molecule has 0 fully saturated rings. The van der Waals surface area contributed by atoms with Gasteiger partial charge in [-0.3, -0.25) is 14.4 Å². The third kappa shape index (κ3) is 4.27. The summed E-state index contributed by atoms with van der Waals surface area (Å²) in [5.74, 6) is -10.7. The van der Waals surface area contributed by atoms with E-state index in [1.54, 1.807) is 5.32 Å². The van der Waals surface area contributed by atoms with Gasteiger partial charge in [0.2, 0.25) is 0 Å². The number of carbonyl (C=O) groups excluding carboxylic acids is 2. The van der Waals surface area contributed by atoms with Gasteiger partial charge < -0.3 is 10.1 Å². The molecule has 0 aliphatic rings. The van der Waals surface area contributed by atoms with Crippen LogP contribution >= 0.6 is 11.3 Å². The molecule has 3 rings (SSSR count). The lowest BCUT2D eigenvalue weighted by Gasteiger charge is -2.14. The predicted molar refractivity (Wildman–Crippen MR) is 105 cm³/mol. The molecule has 3 aromatic rings. The second kappa shape index (κ2) is 9.32. The summed E-state index contributed by atoms with van der Waals surface area (Å²) in [5, 5.41) is 0.589. The quantitative estimate of drug-likeness (QED) is 0.309. The third-order valence-electron chi connectivity index (χ3n) is 4.09. The predicted octanol–water partition coefficient (Wildman–Crippen LogP) is 4.66. The zero-order chi connectivity index (χ0) is 26.1. The van der Waals surface area contributed by atoms with E-state index in [2.05, 4.69) is 9.57 Å². The molecule has 168 valence electrons. The van der Waals surface area contributed by atoms with Gasteiger partial charge in [-0.2, -0.15) is 4.39 Å². The first-order valence-corrected chi connectivity index (χ1v) is 9.25. The van der Waals surface area contributed by atoms with E-state index in [1.165, 1.54) is 0 Å². The number of carbonyl (C=O) groups is 2. The molecule has 1 aromatic heterocycles. The van der Waals surface area contributed by atoms with Crippen molar-refractivity contribution in [3.05, 3.63) is 69.2 Å². The maximum Gasteiger partial charge on any atom is 0.285 e. The second-order valence-electron chi connectivity index (χ2n) is 6.02. The van der Waals surface area contributed by atoms with Crippen LogP contribution in [0.2, 0.25) is 0 Å². The van der Waals surface area contributed by atoms with Crippen LogP contribution in [0.1, 0.15) is 24.1 Å². The minimum atomic E-state index is -2.90. The van der Waals surface area contributed by atoms with Crippen LogP contribution in [0.4, 0.5) is 27.6 Å². The van der Waals surface area contributed by atoms with E-state index in [-0.39, 0.29) is 17.1 Å². The zero-order valence-electron chi connectivity index (χ0n) is 18.8. The highest BCUT2D eigenvalue weighted by molar-refractivity contribution is 7.12. The van der Waals surface area contributed by atoms with Gasteiger partial charge in [0.05, 0.1) is 29.4 Å². The van der Waals surface area contributed by atoms with Gasteiger partial charge in [-0.25, -0.2) is 23.0 Å². The molecule has 2 amide bonds. The topological polar surface area (TPSA) is 76.7 Å². The highest BCUT2D eigenvalue weighted by Gasteiger charge is 2.29. The van der Waals surface area contributed by atoms with Gasteiger partial charge in [-0.05, 0) is 23.8 Å². The molecule has 0 unspecified atom stereocenters. The van der Waals surface area contributed by atoms with Crippen LogP contribution in [0.5, 0.6) is 5.75 Å². The number of hydroxylamine groups is 1. The minimum Gasteiger partial charge on any atom is -0.497 e. The summed E-state index contributed by atoms with van der Waals surface area (Å²) >= 11 is 0.214. The highest BCUT2D eigenvalue weighted by Crippen LogP contribution is 2.36. The number of rotatable bonds is 6. The molecule has 2 aromatic carbocycles. The van der Waals surface area contributed by atoms with E-state index in [4.69, 9.17) is 4.11 Å². The van der Waals surface area contributed by atoms with Crippen LogP contribution in [-0.2, 0) is 4.84 Å². The summed E-state index contributed by atoms with van der Waals surface area (Å²) in [4.78, 5) is 28.2. The Morgan fingerprint density at radius 3 is 2.31 bits per heavy atom. The lowest BCUT2D eigenvalue weighted by molar-refractivity contribution is 0.0540. The molecular weight excluding hydrogens is 459 g/mol. The molecule has 0 bridgehead atoms. The van der Waals surface area contributed by atoms with E-state index in [1.807, 2.05) is 5.48 Å². The smallest absolute Gasteiger partial charge is 0.285 e. The van der Waals surface area contributed by atoms with Crippen molar-refractivity contribution in [2.45, 2.75) is 0 Å². The molecular formula is C20H13F5N2O4S. The maximum absolute atomic E-state index is 14.8. The summed E-state index contributed by atoms with van der Waals surface area (Å²) in [6.45, 7) is 0. The molecule has 0 radical (unpaired) electrons. The average Bonchev–Trinajstić information content (AvgIpc) is 3.17. The Balaban J connectivity index is 2.02. The number of anilines is 1. The lowest BCUT2D eigenvalue weighted by Crippen LogP contribution is -2.24. The Bertz CT molecular complexity index is 1290. The summed E-state index contributed by atoms with van der Waals surface area (Å²) in [7, 11) is -1.84. The van der Waals surface area contributed by atoms with Gasteiger partial charge in [-0.1, -0.05) is 23.5 Å². The van der Waals surface area contributed by atoms with Crippen LogP contribution in [-0.4, -0.2) is 26.0 Å². The number of hydrogen-bond donors (Lipinski definition) is 2. The molecule has 6 nitrogen and oxygen atoms in total. The number of hydrogen-bond acceptors (Lipinski definition) is 5. The van der Waals surface area contributed by atoms with Crippen molar-refractivity contribution < 1.29 is 45.2 Å². The monoisotopic (exact) mass is 475 g/mol. The molecule has 12 heteroatoms. The standard InChI is InChI=1S/C20H13F5N2O4S/c1-30-9-5-3-4-8(6-9)12-13(22)15(24)17(16(25)14(12)23)26-19(28)10-7-11(21)32-18(10)20(29)27-31-2/h3-7H,1-2H3,(H,26,28)(H,27,29)/i1D3. The zero-order valence-corrected chi connectivity index (χ0v) is 16.6. The summed E-state index contributed by atoms with van der Waals surface area (Å²) < 4.78 is 98.6. The van der Waals surface area contributed by atoms with Crippen molar-refractivity contribution in [2.75, 3.05) is 19.5 Å². The number of benzene rings is 2. The number of amides is 2. The van der Waals surface area contributed by atoms with Gasteiger partial charge >= 0.3 is 0 Å². The Hall–Kier alpha value is -3.51. The van der Waals surface area contributed by atoms with E-state index >= 15 is 0 Å². The maximum atomic E-state index is 14.8. The Morgan fingerprint density at radius 1 is 1.00 bits per heavy atom. The van der Waals surface area contributed by atoms with Crippen molar-refractivity contribution in [2.24, 2.45) is 0 Å². The number of ether oxygens (including phenoxy) is 1. The second-order valence-corrected chi connectivity index (χ2v) is 7.02. The molecule has 0 atom stereocenters. The largest absolute Gasteiger partial charge is 0.497 e. The van der Waals surface area contributed by atoms with Crippen LogP contribution in [0, 0.1) is 28.4 Å².